The number of aromatic hydroxyl groups is 1. The van der Waals surface area contributed by atoms with Gasteiger partial charge in [0.1, 0.15) is 5.75 Å². The van der Waals surface area contributed by atoms with Crippen molar-refractivity contribution in [3.8, 4) is 5.75 Å². The first kappa shape index (κ1) is 11.5. The van der Waals surface area contributed by atoms with Crippen LogP contribution in [0.2, 0.25) is 5.02 Å². The fraction of sp³-hybridized carbons (Fsp3) is 0.167. The van der Waals surface area contributed by atoms with Crippen LogP contribution in [-0.4, -0.2) is 5.11 Å². The van der Waals surface area contributed by atoms with Gasteiger partial charge in [-0.25, -0.2) is 0 Å². The average Bonchev–Trinajstić information content (AvgIpc) is 2.76. The summed E-state index contributed by atoms with van der Waals surface area (Å²) in [6, 6.07) is 7.15. The first-order valence-corrected chi connectivity index (χ1v) is 6.27. The summed E-state index contributed by atoms with van der Waals surface area (Å²) >= 11 is 7.54. The normalized spacial score (nSPS) is 10.6. The Morgan fingerprint density at radius 2 is 2.12 bits per heavy atom. The number of phenolic OH excluding ortho intramolecular Hbond substituents is 1. The number of halogens is 1. The van der Waals surface area contributed by atoms with Crippen LogP contribution in [0.25, 0.3) is 0 Å². The Hall–Kier alpha value is -1.03. The molecule has 0 radical (unpaired) electrons. The maximum atomic E-state index is 9.60. The summed E-state index contributed by atoms with van der Waals surface area (Å²) in [6.45, 7) is 1.41. The molecular weight excluding hydrogens is 242 g/mol. The fourth-order valence-corrected chi connectivity index (χ4v) is 2.29. The van der Waals surface area contributed by atoms with Gasteiger partial charge >= 0.3 is 0 Å². The molecule has 0 aliphatic heterocycles. The van der Waals surface area contributed by atoms with Gasteiger partial charge in [0.15, 0.2) is 0 Å². The van der Waals surface area contributed by atoms with Crippen LogP contribution >= 0.6 is 22.9 Å². The van der Waals surface area contributed by atoms with Gasteiger partial charge in [-0.05, 0) is 40.6 Å². The van der Waals surface area contributed by atoms with Gasteiger partial charge in [0, 0.05) is 23.7 Å². The number of rotatable bonds is 4. The SMILES string of the molecule is Oc1ccc(Cl)cc1CNCc1ccsc1. The summed E-state index contributed by atoms with van der Waals surface area (Å²) < 4.78 is 0. The summed E-state index contributed by atoms with van der Waals surface area (Å²) in [4.78, 5) is 0. The summed E-state index contributed by atoms with van der Waals surface area (Å²) in [6.07, 6.45) is 0. The van der Waals surface area contributed by atoms with E-state index in [-0.39, 0.29) is 5.75 Å². The molecule has 0 saturated carbocycles. The molecule has 4 heteroatoms. The van der Waals surface area contributed by atoms with E-state index in [1.165, 1.54) is 5.56 Å². The lowest BCUT2D eigenvalue weighted by molar-refractivity contribution is 0.464. The molecule has 2 rings (SSSR count). The smallest absolute Gasteiger partial charge is 0.120 e. The Labute approximate surface area is 104 Å². The Morgan fingerprint density at radius 3 is 2.88 bits per heavy atom. The molecule has 2 aromatic rings. The standard InChI is InChI=1S/C12H12ClNOS/c13-11-1-2-12(15)10(5-11)7-14-6-9-3-4-16-8-9/h1-5,8,14-15H,6-7H2. The first-order valence-electron chi connectivity index (χ1n) is 4.95. The largest absolute Gasteiger partial charge is 0.508 e. The van der Waals surface area contributed by atoms with Crippen LogP contribution in [0.5, 0.6) is 5.75 Å². The highest BCUT2D eigenvalue weighted by molar-refractivity contribution is 7.07. The van der Waals surface area contributed by atoms with Crippen molar-refractivity contribution in [3.05, 3.63) is 51.2 Å². The van der Waals surface area contributed by atoms with Gasteiger partial charge in [-0.15, -0.1) is 0 Å². The molecule has 2 nitrogen and oxygen atoms in total. The third kappa shape index (κ3) is 2.98. The maximum Gasteiger partial charge on any atom is 0.120 e. The van der Waals surface area contributed by atoms with Gasteiger partial charge in [0.2, 0.25) is 0 Å². The van der Waals surface area contributed by atoms with Crippen LogP contribution in [0.15, 0.2) is 35.0 Å². The van der Waals surface area contributed by atoms with Gasteiger partial charge in [0.05, 0.1) is 0 Å². The van der Waals surface area contributed by atoms with Crippen molar-refractivity contribution >= 4 is 22.9 Å². The number of nitrogens with one attached hydrogen (secondary N) is 1. The summed E-state index contributed by atoms with van der Waals surface area (Å²) in [5.41, 5.74) is 2.08. The molecule has 0 spiro atoms. The molecule has 1 heterocycles. The van der Waals surface area contributed by atoms with E-state index in [1.807, 2.05) is 5.38 Å². The third-order valence-electron chi connectivity index (χ3n) is 2.27. The number of thiophene rings is 1. The monoisotopic (exact) mass is 253 g/mol. The number of hydrogen-bond donors (Lipinski definition) is 2. The van der Waals surface area contributed by atoms with Crippen LogP contribution in [0.3, 0.4) is 0 Å². The van der Waals surface area contributed by atoms with Gasteiger partial charge < -0.3 is 10.4 Å². The molecule has 0 aliphatic rings. The van der Waals surface area contributed by atoms with Crippen molar-refractivity contribution in [1.82, 2.24) is 5.32 Å². The topological polar surface area (TPSA) is 32.3 Å². The minimum absolute atomic E-state index is 0.280. The number of hydrogen-bond acceptors (Lipinski definition) is 3. The van der Waals surface area contributed by atoms with E-state index in [9.17, 15) is 5.11 Å². The fourth-order valence-electron chi connectivity index (χ4n) is 1.43. The molecule has 16 heavy (non-hydrogen) atoms. The van der Waals surface area contributed by atoms with Gasteiger partial charge in [-0.1, -0.05) is 11.6 Å². The second kappa shape index (κ2) is 5.34. The zero-order valence-electron chi connectivity index (χ0n) is 8.61. The quantitative estimate of drug-likeness (QED) is 0.875. The van der Waals surface area contributed by atoms with Crippen LogP contribution in [0.4, 0.5) is 0 Å². The molecule has 2 N–H and O–H groups in total. The van der Waals surface area contributed by atoms with E-state index in [0.717, 1.165) is 12.1 Å². The van der Waals surface area contributed by atoms with Crippen LogP contribution in [0, 0.1) is 0 Å². The molecule has 0 bridgehead atoms. The summed E-state index contributed by atoms with van der Waals surface area (Å²) in [5.74, 6) is 0.280. The van der Waals surface area contributed by atoms with Crippen molar-refractivity contribution in [1.29, 1.82) is 0 Å². The predicted octanol–water partition coefficient (Wildman–Crippen LogP) is 3.40. The zero-order valence-corrected chi connectivity index (χ0v) is 10.2. The second-order valence-electron chi connectivity index (χ2n) is 3.51. The third-order valence-corrected chi connectivity index (χ3v) is 3.23. The van der Waals surface area contributed by atoms with Gasteiger partial charge in [0.25, 0.3) is 0 Å². The molecule has 84 valence electrons. The highest BCUT2D eigenvalue weighted by atomic mass is 35.5. The maximum absolute atomic E-state index is 9.60. The summed E-state index contributed by atoms with van der Waals surface area (Å²) in [5, 5.41) is 17.7. The highest BCUT2D eigenvalue weighted by Gasteiger charge is 2.01. The van der Waals surface area contributed by atoms with Gasteiger partial charge in [-0.3, -0.25) is 0 Å². The van der Waals surface area contributed by atoms with E-state index in [0.29, 0.717) is 11.6 Å². The van der Waals surface area contributed by atoms with E-state index in [4.69, 9.17) is 11.6 Å². The van der Waals surface area contributed by atoms with E-state index < -0.39 is 0 Å². The Bertz CT molecular complexity index is 456. The minimum Gasteiger partial charge on any atom is -0.508 e. The van der Waals surface area contributed by atoms with Crippen LogP contribution in [0.1, 0.15) is 11.1 Å². The van der Waals surface area contributed by atoms with Crippen LogP contribution < -0.4 is 5.32 Å². The van der Waals surface area contributed by atoms with Crippen molar-refractivity contribution in [2.24, 2.45) is 0 Å². The Balaban J connectivity index is 1.92. The number of phenols is 1. The highest BCUT2D eigenvalue weighted by Crippen LogP contribution is 2.21. The molecule has 0 fully saturated rings. The lowest BCUT2D eigenvalue weighted by Gasteiger charge is -2.06. The zero-order chi connectivity index (χ0) is 11.4. The van der Waals surface area contributed by atoms with Gasteiger partial charge in [-0.2, -0.15) is 11.3 Å². The number of benzene rings is 1. The molecule has 0 unspecified atom stereocenters. The average molecular weight is 254 g/mol. The molecule has 0 saturated heterocycles. The van der Waals surface area contributed by atoms with Crippen molar-refractivity contribution < 1.29 is 5.11 Å². The summed E-state index contributed by atoms with van der Waals surface area (Å²) in [7, 11) is 0. The molecule has 0 aliphatic carbocycles. The van der Waals surface area contributed by atoms with Crippen molar-refractivity contribution in [2.45, 2.75) is 13.1 Å². The predicted molar refractivity (Wildman–Crippen MR) is 68.0 cm³/mol. The Morgan fingerprint density at radius 1 is 1.25 bits per heavy atom. The van der Waals surface area contributed by atoms with E-state index >= 15 is 0 Å². The van der Waals surface area contributed by atoms with Crippen LogP contribution in [-0.2, 0) is 13.1 Å². The lowest BCUT2D eigenvalue weighted by Crippen LogP contribution is -2.12. The van der Waals surface area contributed by atoms with Crippen molar-refractivity contribution in [3.63, 3.8) is 0 Å². The lowest BCUT2D eigenvalue weighted by atomic mass is 10.2. The van der Waals surface area contributed by atoms with E-state index in [1.54, 1.807) is 29.5 Å². The molecule has 1 aromatic heterocycles. The molecule has 0 amide bonds. The van der Waals surface area contributed by atoms with E-state index in [2.05, 4.69) is 16.8 Å². The second-order valence-corrected chi connectivity index (χ2v) is 4.72. The minimum atomic E-state index is 0.280. The molecule has 1 aromatic carbocycles. The molecular formula is C12H12ClNOS. The Kier molecular flexibility index (Phi) is 3.83. The molecule has 0 atom stereocenters. The first-order chi connectivity index (χ1) is 7.75. The van der Waals surface area contributed by atoms with Crippen molar-refractivity contribution in [2.75, 3.05) is 0 Å².